The van der Waals surface area contributed by atoms with Gasteiger partial charge in [-0.2, -0.15) is 0 Å². The van der Waals surface area contributed by atoms with E-state index in [0.29, 0.717) is 0 Å². The van der Waals surface area contributed by atoms with Crippen LogP contribution in [0.4, 0.5) is 11.4 Å². The van der Waals surface area contributed by atoms with Crippen molar-refractivity contribution in [3.05, 3.63) is 81.5 Å². The minimum Gasteiger partial charge on any atom is -0.452 e. The molecule has 1 N–H and O–H groups in total. The summed E-state index contributed by atoms with van der Waals surface area (Å²) in [4.78, 5) is 38.2. The van der Waals surface area contributed by atoms with Crippen molar-refractivity contribution in [2.75, 3.05) is 11.9 Å². The van der Waals surface area contributed by atoms with Crippen molar-refractivity contribution in [1.29, 1.82) is 0 Å². The monoisotopic (exact) mass is 411 g/mol. The number of amides is 1. The van der Waals surface area contributed by atoms with E-state index in [0.717, 1.165) is 22.5 Å². The lowest BCUT2D eigenvalue weighted by Gasteiger charge is -2.07. The van der Waals surface area contributed by atoms with Gasteiger partial charge in [0.15, 0.2) is 6.61 Å². The number of nitrogens with zero attached hydrogens (tertiary/aromatic N) is 2. The molecule has 0 saturated heterocycles. The molecule has 0 radical (unpaired) electrons. The summed E-state index contributed by atoms with van der Waals surface area (Å²) in [5.74, 6) is -1.34. The summed E-state index contributed by atoms with van der Waals surface area (Å²) in [6.45, 7) is -0.537. The lowest BCUT2D eigenvalue weighted by molar-refractivity contribution is -0.384. The number of pyridine rings is 1. The summed E-state index contributed by atoms with van der Waals surface area (Å²) >= 11 is 5.90. The van der Waals surface area contributed by atoms with Crippen LogP contribution in [0.2, 0.25) is 5.02 Å². The minimum atomic E-state index is -0.706. The van der Waals surface area contributed by atoms with E-state index in [1.165, 1.54) is 18.2 Å². The van der Waals surface area contributed by atoms with Crippen molar-refractivity contribution in [3.63, 3.8) is 0 Å². The molecule has 1 amide bonds. The van der Waals surface area contributed by atoms with E-state index in [-0.39, 0.29) is 16.4 Å². The van der Waals surface area contributed by atoms with Gasteiger partial charge in [0.2, 0.25) is 0 Å². The molecule has 0 unspecified atom stereocenters. The van der Waals surface area contributed by atoms with Crippen LogP contribution in [0.1, 0.15) is 5.56 Å². The molecular weight excluding hydrogens is 398 g/mol. The maximum atomic E-state index is 11.9. The third-order valence-electron chi connectivity index (χ3n) is 3.85. The number of hydrogen-bond acceptors (Lipinski definition) is 6. The van der Waals surface area contributed by atoms with E-state index in [4.69, 9.17) is 16.3 Å². The van der Waals surface area contributed by atoms with Gasteiger partial charge in [0.1, 0.15) is 0 Å². The second-order valence-corrected chi connectivity index (χ2v) is 6.24. The molecule has 0 aliphatic heterocycles. The zero-order chi connectivity index (χ0) is 20.8. The number of ether oxygens (including phenoxy) is 1. The summed E-state index contributed by atoms with van der Waals surface area (Å²) in [7, 11) is 0. The van der Waals surface area contributed by atoms with Crippen molar-refractivity contribution < 1.29 is 19.2 Å². The summed E-state index contributed by atoms with van der Waals surface area (Å²) in [6, 6.07) is 12.9. The number of hydrogen-bond donors (Lipinski definition) is 1. The van der Waals surface area contributed by atoms with E-state index in [1.807, 2.05) is 30.3 Å². The second-order valence-electron chi connectivity index (χ2n) is 5.83. The first kappa shape index (κ1) is 20.0. The number of nitrogens with one attached hydrogen (secondary N) is 1. The normalized spacial score (nSPS) is 10.8. The Balaban J connectivity index is 1.57. The predicted octanol–water partition coefficient (Wildman–Crippen LogP) is 3.99. The van der Waals surface area contributed by atoms with Gasteiger partial charge in [-0.05, 0) is 18.2 Å². The molecule has 0 atom stereocenters. The Bertz CT molecular complexity index is 1120. The highest BCUT2D eigenvalue weighted by molar-refractivity contribution is 6.34. The van der Waals surface area contributed by atoms with Crippen LogP contribution < -0.4 is 5.32 Å². The Kier molecular flexibility index (Phi) is 6.16. The maximum Gasteiger partial charge on any atom is 0.331 e. The van der Waals surface area contributed by atoms with Crippen LogP contribution in [-0.2, 0) is 14.3 Å². The number of non-ortho nitro benzene ring substituents is 1. The first-order valence-corrected chi connectivity index (χ1v) is 8.74. The zero-order valence-electron chi connectivity index (χ0n) is 14.9. The highest BCUT2D eigenvalue weighted by Crippen LogP contribution is 2.26. The Morgan fingerprint density at radius 1 is 1.21 bits per heavy atom. The van der Waals surface area contributed by atoms with Crippen LogP contribution in [0, 0.1) is 10.1 Å². The number of nitro groups is 1. The first-order valence-electron chi connectivity index (χ1n) is 8.36. The molecule has 0 bridgehead atoms. The number of aromatic nitrogens is 1. The van der Waals surface area contributed by atoms with Gasteiger partial charge in [0.05, 0.1) is 21.2 Å². The quantitative estimate of drug-likeness (QED) is 0.284. The predicted molar refractivity (Wildman–Crippen MR) is 108 cm³/mol. The van der Waals surface area contributed by atoms with Gasteiger partial charge < -0.3 is 10.1 Å². The first-order chi connectivity index (χ1) is 13.9. The van der Waals surface area contributed by atoms with Crippen LogP contribution in [0.15, 0.2) is 60.8 Å². The number of para-hydroxylation sites is 1. The molecule has 9 heteroatoms. The number of benzene rings is 2. The van der Waals surface area contributed by atoms with Crippen LogP contribution in [-0.4, -0.2) is 28.4 Å². The average Bonchev–Trinajstić information content (AvgIpc) is 2.72. The second kappa shape index (κ2) is 8.94. The van der Waals surface area contributed by atoms with Gasteiger partial charge in [-0.15, -0.1) is 0 Å². The number of nitro benzene ring substituents is 1. The van der Waals surface area contributed by atoms with Gasteiger partial charge in [0, 0.05) is 35.4 Å². The maximum absolute atomic E-state index is 11.9. The number of carbonyl (C=O) groups excluding carboxylic acids is 2. The van der Waals surface area contributed by atoms with E-state index in [9.17, 15) is 19.7 Å². The summed E-state index contributed by atoms with van der Waals surface area (Å²) in [6.07, 6.45) is 4.42. The molecule has 3 aromatic rings. The topological polar surface area (TPSA) is 111 Å². The molecule has 3 rings (SSSR count). The molecule has 0 aliphatic rings. The fraction of sp³-hybridized carbons (Fsp3) is 0.0500. The largest absolute Gasteiger partial charge is 0.452 e. The number of rotatable bonds is 6. The molecule has 0 saturated carbocycles. The lowest BCUT2D eigenvalue weighted by atomic mass is 10.1. The van der Waals surface area contributed by atoms with Crippen molar-refractivity contribution in [2.45, 2.75) is 0 Å². The Morgan fingerprint density at radius 2 is 2.00 bits per heavy atom. The van der Waals surface area contributed by atoms with Crippen molar-refractivity contribution in [3.8, 4) is 0 Å². The highest BCUT2D eigenvalue weighted by atomic mass is 35.5. The van der Waals surface area contributed by atoms with E-state index in [2.05, 4.69) is 10.3 Å². The van der Waals surface area contributed by atoms with Gasteiger partial charge in [0.25, 0.3) is 11.6 Å². The van der Waals surface area contributed by atoms with Gasteiger partial charge in [-0.3, -0.25) is 19.9 Å². The molecule has 0 spiro atoms. The minimum absolute atomic E-state index is 0.00206. The molecular formula is C20H14ClN3O5. The molecule has 0 aliphatic carbocycles. The van der Waals surface area contributed by atoms with Crippen LogP contribution in [0.5, 0.6) is 0 Å². The van der Waals surface area contributed by atoms with Crippen molar-refractivity contribution in [2.24, 2.45) is 0 Å². The number of carbonyl (C=O) groups is 2. The molecule has 2 aromatic carbocycles. The van der Waals surface area contributed by atoms with Crippen LogP contribution in [0.25, 0.3) is 17.0 Å². The van der Waals surface area contributed by atoms with Gasteiger partial charge in [-0.25, -0.2) is 4.79 Å². The molecule has 0 fully saturated rings. The summed E-state index contributed by atoms with van der Waals surface area (Å²) < 4.78 is 4.90. The summed E-state index contributed by atoms with van der Waals surface area (Å²) in [5, 5.41) is 14.1. The number of fused-ring (bicyclic) bond motifs is 1. The number of halogens is 1. The van der Waals surface area contributed by atoms with E-state index < -0.39 is 23.4 Å². The third kappa shape index (κ3) is 5.14. The fourth-order valence-corrected chi connectivity index (χ4v) is 2.73. The van der Waals surface area contributed by atoms with Crippen LogP contribution in [0.3, 0.4) is 0 Å². The lowest BCUT2D eigenvalue weighted by Crippen LogP contribution is -2.20. The average molecular weight is 412 g/mol. The Labute approximate surface area is 169 Å². The molecule has 29 heavy (non-hydrogen) atoms. The number of esters is 1. The van der Waals surface area contributed by atoms with Crippen molar-refractivity contribution >= 4 is 51.8 Å². The molecule has 1 aromatic heterocycles. The number of anilines is 1. The highest BCUT2D eigenvalue weighted by Gasteiger charge is 2.12. The van der Waals surface area contributed by atoms with E-state index >= 15 is 0 Å². The molecule has 8 nitrogen and oxygen atoms in total. The SMILES string of the molecule is O=C(COC(=O)/C=C/c1cccc2cccnc12)Nc1ccc([N+](=O)[O-])cc1Cl. The van der Waals surface area contributed by atoms with Crippen molar-refractivity contribution in [1.82, 2.24) is 4.98 Å². The standard InChI is InChI=1S/C20H14ClN3O5/c21-16-11-15(24(27)28)7-8-17(16)23-18(25)12-29-19(26)9-6-14-4-1-3-13-5-2-10-22-20(13)14/h1-11H,12H2,(H,23,25)/b9-6+. The fourth-order valence-electron chi connectivity index (χ4n) is 2.51. The molecule has 146 valence electrons. The van der Waals surface area contributed by atoms with Gasteiger partial charge in [-0.1, -0.05) is 35.9 Å². The molecule has 1 heterocycles. The van der Waals surface area contributed by atoms with Crippen LogP contribution >= 0.6 is 11.6 Å². The Morgan fingerprint density at radius 3 is 2.76 bits per heavy atom. The summed E-state index contributed by atoms with van der Waals surface area (Å²) in [5.41, 5.74) is 1.45. The Hall–Kier alpha value is -3.78. The van der Waals surface area contributed by atoms with Gasteiger partial charge >= 0.3 is 5.97 Å². The third-order valence-corrected chi connectivity index (χ3v) is 4.16. The smallest absolute Gasteiger partial charge is 0.331 e. The zero-order valence-corrected chi connectivity index (χ0v) is 15.6. The van der Waals surface area contributed by atoms with E-state index in [1.54, 1.807) is 12.3 Å².